The van der Waals surface area contributed by atoms with Gasteiger partial charge in [-0.25, -0.2) is 9.97 Å². The lowest BCUT2D eigenvalue weighted by atomic mass is 10.7. The van der Waals surface area contributed by atoms with Crippen LogP contribution in [0.1, 0.15) is 0 Å². The Balaban J connectivity index is 2.43. The number of hydrogen-bond acceptors (Lipinski definition) is 6. The van der Waals surface area contributed by atoms with E-state index in [0.29, 0.717) is 11.9 Å². The van der Waals surface area contributed by atoms with Crippen molar-refractivity contribution >= 4 is 23.5 Å². The highest BCUT2D eigenvalue weighted by Crippen LogP contribution is 2.21. The zero-order valence-corrected chi connectivity index (χ0v) is 10.3. The zero-order valence-electron chi connectivity index (χ0n) is 8.67. The van der Waals surface area contributed by atoms with Gasteiger partial charge in [0.1, 0.15) is 28.3 Å². The lowest BCUT2D eigenvalue weighted by Crippen LogP contribution is -1.89. The van der Waals surface area contributed by atoms with E-state index in [1.54, 1.807) is 0 Å². The zero-order chi connectivity index (χ0) is 11.6. The van der Waals surface area contributed by atoms with Crippen molar-refractivity contribution in [3.05, 3.63) is 38.1 Å². The van der Waals surface area contributed by atoms with E-state index in [9.17, 15) is 0 Å². The van der Waals surface area contributed by atoms with Crippen LogP contribution in [0.25, 0.3) is 0 Å². The molecule has 1 heterocycles. The van der Waals surface area contributed by atoms with Crippen molar-refractivity contribution in [2.24, 2.45) is 0 Å². The highest BCUT2D eigenvalue weighted by molar-refractivity contribution is 7.99. The second-order valence-electron chi connectivity index (χ2n) is 2.39. The van der Waals surface area contributed by atoms with Crippen LogP contribution < -0.4 is 0 Å². The van der Waals surface area contributed by atoms with Crippen LogP contribution in [0.5, 0.6) is 0 Å². The molecule has 16 heavy (non-hydrogen) atoms. The summed E-state index contributed by atoms with van der Waals surface area (Å²) < 4.78 is 10.00. The molecule has 4 nitrogen and oxygen atoms in total. The predicted molar refractivity (Wildman–Crippen MR) is 66.0 cm³/mol. The Bertz CT molecular complexity index is 318. The van der Waals surface area contributed by atoms with E-state index in [4.69, 9.17) is 9.47 Å². The smallest absolute Gasteiger partial charge is 0.139 e. The summed E-state index contributed by atoms with van der Waals surface area (Å²) >= 11 is 2.96. The number of ether oxygens (including phenoxy) is 2. The molecule has 0 bridgehead atoms. The molecule has 0 aliphatic heterocycles. The molecule has 0 fully saturated rings. The van der Waals surface area contributed by atoms with Gasteiger partial charge in [-0.1, -0.05) is 36.7 Å². The molecule has 0 amide bonds. The highest BCUT2D eigenvalue weighted by atomic mass is 32.2. The first-order valence-electron chi connectivity index (χ1n) is 4.39. The third-order valence-electron chi connectivity index (χ3n) is 1.40. The molecule has 0 atom stereocenters. The summed E-state index contributed by atoms with van der Waals surface area (Å²) in [5.74, 6) is 0.988. The molecule has 1 rings (SSSR count). The van der Waals surface area contributed by atoms with E-state index in [1.807, 2.05) is 6.07 Å². The number of aromatic nitrogens is 2. The van der Waals surface area contributed by atoms with Gasteiger partial charge >= 0.3 is 0 Å². The molecule has 86 valence electrons. The number of nitrogens with zero attached hydrogens (tertiary/aromatic N) is 2. The van der Waals surface area contributed by atoms with Crippen LogP contribution in [0.3, 0.4) is 0 Å². The fourth-order valence-corrected chi connectivity index (χ4v) is 2.04. The van der Waals surface area contributed by atoms with Gasteiger partial charge in [0.15, 0.2) is 0 Å². The monoisotopic (exact) mass is 256 g/mol. The molecule has 0 saturated carbocycles. The van der Waals surface area contributed by atoms with Gasteiger partial charge in [0, 0.05) is 6.07 Å². The van der Waals surface area contributed by atoms with Gasteiger partial charge in [0.05, 0.1) is 12.5 Å². The Morgan fingerprint density at radius 1 is 1.06 bits per heavy atom. The van der Waals surface area contributed by atoms with Crippen molar-refractivity contribution in [2.75, 3.05) is 11.9 Å². The Morgan fingerprint density at radius 3 is 2.00 bits per heavy atom. The van der Waals surface area contributed by atoms with Crippen molar-refractivity contribution in [1.82, 2.24) is 9.97 Å². The molecule has 0 N–H and O–H groups in total. The molecular weight excluding hydrogens is 244 g/mol. The van der Waals surface area contributed by atoms with Crippen LogP contribution >= 0.6 is 23.5 Å². The third-order valence-corrected chi connectivity index (χ3v) is 2.95. The molecule has 0 spiro atoms. The van der Waals surface area contributed by atoms with Gasteiger partial charge in [-0.15, -0.1) is 0 Å². The van der Waals surface area contributed by atoms with E-state index in [1.165, 1.54) is 42.4 Å². The summed E-state index contributed by atoms with van der Waals surface area (Å²) in [4.78, 5) is 8.21. The molecule has 0 radical (unpaired) electrons. The minimum absolute atomic E-state index is 0.494. The number of rotatable bonds is 8. The van der Waals surface area contributed by atoms with Crippen LogP contribution in [0.2, 0.25) is 0 Å². The minimum Gasteiger partial charge on any atom is -0.491 e. The first-order chi connectivity index (χ1) is 7.86. The van der Waals surface area contributed by atoms with E-state index in [2.05, 4.69) is 23.1 Å². The summed E-state index contributed by atoms with van der Waals surface area (Å²) in [7, 11) is 0. The molecule has 1 aromatic rings. The van der Waals surface area contributed by atoms with Crippen molar-refractivity contribution in [3.63, 3.8) is 0 Å². The predicted octanol–water partition coefficient (Wildman–Crippen LogP) is 2.90. The first-order valence-corrected chi connectivity index (χ1v) is 6.36. The van der Waals surface area contributed by atoms with E-state index in [-0.39, 0.29) is 0 Å². The number of thioether (sulfide) groups is 2. The summed E-state index contributed by atoms with van der Waals surface area (Å²) in [6, 6.07) is 1.88. The van der Waals surface area contributed by atoms with Gasteiger partial charge in [-0.2, -0.15) is 0 Å². The van der Waals surface area contributed by atoms with Gasteiger partial charge < -0.3 is 9.47 Å². The van der Waals surface area contributed by atoms with Crippen LogP contribution in [0.15, 0.2) is 48.1 Å². The third kappa shape index (κ3) is 5.09. The standard InChI is InChI=1S/C10H12N2O2S2/c1-3-13-7-15-9-5-10(12-6-11-9)16-8-14-4-2/h3-6H,1-2,7-8H2. The normalized spacial score (nSPS) is 9.50. The average molecular weight is 256 g/mol. The Hall–Kier alpha value is -1.14. The minimum atomic E-state index is 0.494. The second-order valence-corrected chi connectivity index (χ2v) is 4.27. The molecular formula is C10H12N2O2S2. The van der Waals surface area contributed by atoms with Crippen molar-refractivity contribution in [2.45, 2.75) is 10.1 Å². The average Bonchev–Trinajstić information content (AvgIpc) is 2.30. The summed E-state index contributed by atoms with van der Waals surface area (Å²) in [6.45, 7) is 6.92. The largest absolute Gasteiger partial charge is 0.491 e. The topological polar surface area (TPSA) is 44.2 Å². The molecule has 0 unspecified atom stereocenters. The SMILES string of the molecule is C=COCSc1cc(SCOC=C)ncn1. The van der Waals surface area contributed by atoms with E-state index >= 15 is 0 Å². The van der Waals surface area contributed by atoms with Crippen LogP contribution in [-0.2, 0) is 9.47 Å². The first kappa shape index (κ1) is 12.9. The maximum absolute atomic E-state index is 5.00. The summed E-state index contributed by atoms with van der Waals surface area (Å²) in [5, 5.41) is 1.72. The maximum atomic E-state index is 5.00. The van der Waals surface area contributed by atoms with E-state index < -0.39 is 0 Å². The quantitative estimate of drug-likeness (QED) is 0.234. The lowest BCUT2D eigenvalue weighted by Gasteiger charge is -2.03. The van der Waals surface area contributed by atoms with Crippen molar-refractivity contribution in [3.8, 4) is 0 Å². The van der Waals surface area contributed by atoms with Gasteiger partial charge in [0.2, 0.25) is 0 Å². The molecule has 0 saturated heterocycles. The van der Waals surface area contributed by atoms with Crippen LogP contribution in [0, 0.1) is 0 Å². The lowest BCUT2D eigenvalue weighted by molar-refractivity contribution is 0.318. The molecule has 1 aromatic heterocycles. The Labute approximate surface area is 103 Å². The van der Waals surface area contributed by atoms with Gasteiger partial charge in [-0.3, -0.25) is 0 Å². The highest BCUT2D eigenvalue weighted by Gasteiger charge is 2.00. The van der Waals surface area contributed by atoms with Gasteiger partial charge in [-0.05, 0) is 0 Å². The molecule has 6 heteroatoms. The van der Waals surface area contributed by atoms with Crippen LogP contribution in [-0.4, -0.2) is 21.8 Å². The fraction of sp³-hybridized carbons (Fsp3) is 0.200. The van der Waals surface area contributed by atoms with Gasteiger partial charge in [0.25, 0.3) is 0 Å². The maximum Gasteiger partial charge on any atom is 0.139 e. The second kappa shape index (κ2) is 8.06. The fourth-order valence-electron chi connectivity index (χ4n) is 0.766. The van der Waals surface area contributed by atoms with E-state index in [0.717, 1.165) is 10.1 Å². The summed E-state index contributed by atoms with van der Waals surface area (Å²) in [6.07, 6.45) is 4.33. The Morgan fingerprint density at radius 2 is 1.56 bits per heavy atom. The van der Waals surface area contributed by atoms with Crippen molar-refractivity contribution in [1.29, 1.82) is 0 Å². The molecule has 0 aromatic carbocycles. The van der Waals surface area contributed by atoms with Crippen LogP contribution in [0.4, 0.5) is 0 Å². The number of hydrogen-bond donors (Lipinski definition) is 0. The Kier molecular flexibility index (Phi) is 6.52. The molecule has 0 aliphatic carbocycles. The van der Waals surface area contributed by atoms with Crippen molar-refractivity contribution < 1.29 is 9.47 Å². The molecule has 0 aliphatic rings. The summed E-state index contributed by atoms with van der Waals surface area (Å²) in [5.41, 5.74) is 0.